The number of nitrogens with zero attached hydrogens (tertiary/aromatic N) is 1. The van der Waals surface area contributed by atoms with Crippen LogP contribution in [0, 0.1) is 6.92 Å². The van der Waals surface area contributed by atoms with Crippen LogP contribution in [0.25, 0.3) is 10.7 Å². The molecule has 0 unspecified atom stereocenters. The molecule has 0 aromatic carbocycles. The predicted molar refractivity (Wildman–Crippen MR) is 76.5 cm³/mol. The van der Waals surface area contributed by atoms with Crippen molar-refractivity contribution in [3.05, 3.63) is 38.1 Å². The van der Waals surface area contributed by atoms with E-state index in [2.05, 4.69) is 16.0 Å². The number of aromatic carboxylic acids is 1. The Bertz CT molecular complexity index is 722. The number of carbonyl (C=O) groups is 1. The van der Waals surface area contributed by atoms with E-state index >= 15 is 0 Å². The number of carboxylic acids is 1. The van der Waals surface area contributed by atoms with E-state index in [0.29, 0.717) is 5.82 Å². The number of aryl methyl sites for hydroxylation is 3. The maximum absolute atomic E-state index is 11.8. The molecule has 104 valence electrons. The van der Waals surface area contributed by atoms with Gasteiger partial charge in [-0.1, -0.05) is 0 Å². The van der Waals surface area contributed by atoms with Crippen LogP contribution in [0.1, 0.15) is 39.3 Å². The summed E-state index contributed by atoms with van der Waals surface area (Å²) < 4.78 is 0. The number of aromatic nitrogens is 2. The monoisotopic (exact) mass is 290 g/mol. The molecule has 0 fully saturated rings. The van der Waals surface area contributed by atoms with E-state index in [1.165, 1.54) is 23.3 Å². The van der Waals surface area contributed by atoms with Gasteiger partial charge in [-0.15, -0.1) is 11.3 Å². The molecule has 1 aliphatic carbocycles. The fraction of sp³-hybridized carbons (Fsp3) is 0.357. The third-order valence-electron chi connectivity index (χ3n) is 3.54. The van der Waals surface area contributed by atoms with Gasteiger partial charge in [0.05, 0.1) is 10.6 Å². The average Bonchev–Trinajstić information content (AvgIpc) is 2.81. The van der Waals surface area contributed by atoms with Gasteiger partial charge in [0, 0.05) is 4.88 Å². The summed E-state index contributed by atoms with van der Waals surface area (Å²) >= 11 is 1.64. The SMILES string of the molecule is Cc1nc(-c2cc3c(s2)CCCC3)[nH]c(=O)c1C(=O)O. The summed E-state index contributed by atoms with van der Waals surface area (Å²) in [7, 11) is 0. The van der Waals surface area contributed by atoms with E-state index < -0.39 is 11.5 Å². The van der Waals surface area contributed by atoms with Gasteiger partial charge in [-0.05, 0) is 44.2 Å². The summed E-state index contributed by atoms with van der Waals surface area (Å²) in [5.74, 6) is -0.773. The highest BCUT2D eigenvalue weighted by atomic mass is 32.1. The lowest BCUT2D eigenvalue weighted by Gasteiger charge is -2.08. The first kappa shape index (κ1) is 13.1. The number of fused-ring (bicyclic) bond motifs is 1. The second-order valence-corrected chi connectivity index (χ2v) is 6.08. The van der Waals surface area contributed by atoms with Gasteiger partial charge in [0.25, 0.3) is 5.56 Å². The molecule has 1 aliphatic rings. The van der Waals surface area contributed by atoms with Crippen LogP contribution in [0.3, 0.4) is 0 Å². The highest BCUT2D eigenvalue weighted by Gasteiger charge is 2.19. The van der Waals surface area contributed by atoms with E-state index in [1.807, 2.05) is 0 Å². The van der Waals surface area contributed by atoms with Crippen LogP contribution in [-0.2, 0) is 12.8 Å². The molecule has 5 nitrogen and oxygen atoms in total. The zero-order valence-corrected chi connectivity index (χ0v) is 11.8. The molecule has 0 amide bonds. The minimum Gasteiger partial charge on any atom is -0.477 e. The molecule has 6 heteroatoms. The van der Waals surface area contributed by atoms with Gasteiger partial charge < -0.3 is 10.1 Å². The molecule has 2 aromatic rings. The number of rotatable bonds is 2. The van der Waals surface area contributed by atoms with Crippen molar-refractivity contribution in [3.63, 3.8) is 0 Å². The fourth-order valence-electron chi connectivity index (χ4n) is 2.56. The maximum Gasteiger partial charge on any atom is 0.343 e. The molecule has 2 aromatic heterocycles. The molecule has 0 saturated carbocycles. The zero-order chi connectivity index (χ0) is 14.3. The maximum atomic E-state index is 11.8. The average molecular weight is 290 g/mol. The van der Waals surface area contributed by atoms with Crippen LogP contribution in [-0.4, -0.2) is 21.0 Å². The van der Waals surface area contributed by atoms with Gasteiger partial charge in [0.1, 0.15) is 5.56 Å². The molecule has 0 saturated heterocycles. The Labute approximate surface area is 119 Å². The summed E-state index contributed by atoms with van der Waals surface area (Å²) in [4.78, 5) is 31.9. The number of nitrogens with one attached hydrogen (secondary N) is 1. The summed E-state index contributed by atoms with van der Waals surface area (Å²) in [5.41, 5.74) is 0.711. The summed E-state index contributed by atoms with van der Waals surface area (Å²) in [5, 5.41) is 8.98. The Balaban J connectivity index is 2.09. The minimum atomic E-state index is -1.24. The number of hydrogen-bond donors (Lipinski definition) is 2. The molecular weight excluding hydrogens is 276 g/mol. The van der Waals surface area contributed by atoms with Crippen LogP contribution < -0.4 is 5.56 Å². The van der Waals surface area contributed by atoms with Crippen LogP contribution >= 0.6 is 11.3 Å². The molecule has 3 rings (SSSR count). The van der Waals surface area contributed by atoms with Crippen molar-refractivity contribution in [2.45, 2.75) is 32.6 Å². The molecule has 20 heavy (non-hydrogen) atoms. The van der Waals surface area contributed by atoms with Gasteiger partial charge in [0.15, 0.2) is 5.82 Å². The molecule has 2 heterocycles. The van der Waals surface area contributed by atoms with Crippen LogP contribution in [0.15, 0.2) is 10.9 Å². The molecule has 0 aliphatic heterocycles. The Kier molecular flexibility index (Phi) is 3.17. The first-order valence-corrected chi connectivity index (χ1v) is 7.34. The molecule has 0 radical (unpaired) electrons. The quantitative estimate of drug-likeness (QED) is 0.889. The number of carboxylic acid groups (broad SMARTS) is 1. The lowest BCUT2D eigenvalue weighted by molar-refractivity contribution is 0.0693. The van der Waals surface area contributed by atoms with Crippen LogP contribution in [0.2, 0.25) is 0 Å². The summed E-state index contributed by atoms with van der Waals surface area (Å²) in [6.07, 6.45) is 4.55. The van der Waals surface area contributed by atoms with Gasteiger partial charge >= 0.3 is 5.97 Å². The third kappa shape index (κ3) is 2.16. The highest BCUT2D eigenvalue weighted by molar-refractivity contribution is 7.15. The number of H-pyrrole nitrogens is 1. The van der Waals surface area contributed by atoms with Crippen LogP contribution in [0.4, 0.5) is 0 Å². The zero-order valence-electron chi connectivity index (χ0n) is 11.0. The van der Waals surface area contributed by atoms with Gasteiger partial charge in [0.2, 0.25) is 0 Å². The van der Waals surface area contributed by atoms with Crippen molar-refractivity contribution >= 4 is 17.3 Å². The second kappa shape index (κ2) is 4.86. The Morgan fingerprint density at radius 1 is 1.40 bits per heavy atom. The lowest BCUT2D eigenvalue weighted by Crippen LogP contribution is -2.21. The van der Waals surface area contributed by atoms with Gasteiger partial charge in [-0.25, -0.2) is 9.78 Å². The first-order valence-electron chi connectivity index (χ1n) is 6.52. The molecule has 0 bridgehead atoms. The van der Waals surface area contributed by atoms with Crippen molar-refractivity contribution in [1.82, 2.24) is 9.97 Å². The normalized spacial score (nSPS) is 14.1. The summed E-state index contributed by atoms with van der Waals surface area (Å²) in [6, 6.07) is 2.07. The Morgan fingerprint density at radius 2 is 2.15 bits per heavy atom. The smallest absolute Gasteiger partial charge is 0.343 e. The molecule has 2 N–H and O–H groups in total. The Morgan fingerprint density at radius 3 is 2.80 bits per heavy atom. The van der Waals surface area contributed by atoms with E-state index in [0.717, 1.165) is 17.7 Å². The molecule has 0 atom stereocenters. The summed E-state index contributed by atoms with van der Waals surface area (Å²) in [6.45, 7) is 1.55. The topological polar surface area (TPSA) is 83.0 Å². The van der Waals surface area contributed by atoms with Crippen molar-refractivity contribution < 1.29 is 9.90 Å². The number of hydrogen-bond acceptors (Lipinski definition) is 4. The Hall–Kier alpha value is -1.95. The highest BCUT2D eigenvalue weighted by Crippen LogP contribution is 2.34. The van der Waals surface area contributed by atoms with E-state index in [4.69, 9.17) is 5.11 Å². The largest absolute Gasteiger partial charge is 0.477 e. The van der Waals surface area contributed by atoms with Crippen molar-refractivity contribution in [3.8, 4) is 10.7 Å². The fourth-order valence-corrected chi connectivity index (χ4v) is 3.76. The standard InChI is InChI=1S/C14H14N2O3S/c1-7-11(14(18)19)13(17)16-12(15-7)10-6-8-4-2-3-5-9(8)20-10/h6H,2-5H2,1H3,(H,18,19)(H,15,16,17). The second-order valence-electron chi connectivity index (χ2n) is 4.95. The van der Waals surface area contributed by atoms with Crippen molar-refractivity contribution in [1.29, 1.82) is 0 Å². The van der Waals surface area contributed by atoms with E-state index in [-0.39, 0.29) is 11.3 Å². The first-order chi connectivity index (χ1) is 9.56. The molecular formula is C14H14N2O3S. The predicted octanol–water partition coefficient (Wildman–Crippen LogP) is 2.38. The van der Waals surface area contributed by atoms with Crippen LogP contribution in [0.5, 0.6) is 0 Å². The number of thiophene rings is 1. The van der Waals surface area contributed by atoms with E-state index in [9.17, 15) is 9.59 Å². The third-order valence-corrected chi connectivity index (χ3v) is 4.79. The van der Waals surface area contributed by atoms with Crippen molar-refractivity contribution in [2.24, 2.45) is 0 Å². The number of aromatic amines is 1. The van der Waals surface area contributed by atoms with Gasteiger partial charge in [-0.2, -0.15) is 0 Å². The van der Waals surface area contributed by atoms with E-state index in [1.54, 1.807) is 18.3 Å². The van der Waals surface area contributed by atoms with Crippen molar-refractivity contribution in [2.75, 3.05) is 0 Å². The lowest BCUT2D eigenvalue weighted by atomic mass is 9.99. The minimum absolute atomic E-state index is 0.252. The van der Waals surface area contributed by atoms with Gasteiger partial charge in [-0.3, -0.25) is 4.79 Å². The molecule has 0 spiro atoms.